The van der Waals surface area contributed by atoms with Crippen molar-refractivity contribution in [2.24, 2.45) is 0 Å². The van der Waals surface area contributed by atoms with Crippen LogP contribution in [0.2, 0.25) is 0 Å². The van der Waals surface area contributed by atoms with Crippen molar-refractivity contribution in [2.75, 3.05) is 0 Å². The van der Waals surface area contributed by atoms with E-state index in [0.717, 1.165) is 0 Å². The summed E-state index contributed by atoms with van der Waals surface area (Å²) in [5, 5.41) is 2.84. The summed E-state index contributed by atoms with van der Waals surface area (Å²) in [6.45, 7) is 0. The van der Waals surface area contributed by atoms with Gasteiger partial charge < -0.3 is 5.32 Å². The van der Waals surface area contributed by atoms with Gasteiger partial charge in [-0.25, -0.2) is 0 Å². The van der Waals surface area contributed by atoms with Crippen molar-refractivity contribution in [3.8, 4) is 0 Å². The molecule has 30 valence electrons. The van der Waals surface area contributed by atoms with Crippen molar-refractivity contribution >= 4 is 0 Å². The summed E-state index contributed by atoms with van der Waals surface area (Å²) in [5.41, 5.74) is 2.84. The second-order valence-corrected chi connectivity index (χ2v) is 1.00. The van der Waals surface area contributed by atoms with E-state index < -0.39 is 0 Å². The van der Waals surface area contributed by atoms with E-state index in [2.05, 4.69) is 11.0 Å². The van der Waals surface area contributed by atoms with Crippen molar-refractivity contribution in [1.82, 2.24) is 5.32 Å². The van der Waals surface area contributed by atoms with Gasteiger partial charge in [0.2, 0.25) is 0 Å². The van der Waals surface area contributed by atoms with Crippen molar-refractivity contribution in [1.29, 1.82) is 0 Å². The van der Waals surface area contributed by atoms with E-state index >= 15 is 0 Å². The van der Waals surface area contributed by atoms with Crippen LogP contribution in [-0.4, -0.2) is 0 Å². The minimum atomic E-state index is 1.75. The fourth-order valence-electron chi connectivity index (χ4n) is 0.304. The molecule has 0 saturated carbocycles. The Balaban J connectivity index is 2.78. The van der Waals surface area contributed by atoms with E-state index in [9.17, 15) is 0 Å². The predicted octanol–water partition coefficient (Wildman–Crippen LogP) is 0.772. The number of nitrogens with one attached hydrogen (secondary N) is 1. The third kappa shape index (κ3) is 0.507. The molecule has 0 aromatic heterocycles. The Morgan fingerprint density at radius 3 is 2.67 bits per heavy atom. The normalized spacial score (nSPS) is 14.7. The summed E-state index contributed by atoms with van der Waals surface area (Å²) >= 11 is 0. The molecule has 0 bridgehead atoms. The van der Waals surface area contributed by atoms with Gasteiger partial charge in [0.05, 0.1) is 0 Å². The lowest BCUT2D eigenvalue weighted by Crippen LogP contribution is -1.90. The third-order valence-electron chi connectivity index (χ3n) is 0.552. The van der Waals surface area contributed by atoms with Crippen molar-refractivity contribution in [3.05, 3.63) is 30.3 Å². The molecule has 1 N–H and O–H groups in total. The quantitative estimate of drug-likeness (QED) is 0.423. The van der Waals surface area contributed by atoms with Gasteiger partial charge in [-0.2, -0.15) is 0 Å². The van der Waals surface area contributed by atoms with Crippen LogP contribution in [0.1, 0.15) is 0 Å². The highest BCUT2D eigenvalue weighted by molar-refractivity contribution is 5.06. The van der Waals surface area contributed by atoms with E-state index in [1.807, 2.05) is 18.4 Å². The molecule has 1 heterocycles. The third-order valence-corrected chi connectivity index (χ3v) is 0.552. The Bertz CT molecular complexity index is 116. The van der Waals surface area contributed by atoms with E-state index in [1.165, 1.54) is 0 Å². The second-order valence-electron chi connectivity index (χ2n) is 1.00. The van der Waals surface area contributed by atoms with Crippen LogP contribution in [0.5, 0.6) is 0 Å². The summed E-state index contributed by atoms with van der Waals surface area (Å²) < 4.78 is 0. The molecule has 0 aliphatic carbocycles. The van der Waals surface area contributed by atoms with Crippen LogP contribution in [0.4, 0.5) is 0 Å². The van der Waals surface area contributed by atoms with E-state index in [1.54, 1.807) is 6.20 Å². The van der Waals surface area contributed by atoms with E-state index in [0.29, 0.717) is 0 Å². The highest BCUT2D eigenvalue weighted by atomic mass is 14.8. The molecule has 0 aromatic carbocycles. The average molecular weight is 79.1 g/mol. The molecule has 1 heteroatoms. The first-order valence-corrected chi connectivity index (χ1v) is 1.82. The predicted molar refractivity (Wildman–Crippen MR) is 24.9 cm³/mol. The Morgan fingerprint density at radius 1 is 1.50 bits per heavy atom. The molecule has 0 radical (unpaired) electrons. The summed E-state index contributed by atoms with van der Waals surface area (Å²) in [4.78, 5) is 0. The van der Waals surface area contributed by atoms with Gasteiger partial charge in [-0.05, 0) is 12.2 Å². The van der Waals surface area contributed by atoms with Gasteiger partial charge >= 0.3 is 0 Å². The van der Waals surface area contributed by atoms with Crippen LogP contribution >= 0.6 is 0 Å². The molecule has 1 aliphatic heterocycles. The fraction of sp³-hybridized carbons (Fsp3) is 0. The zero-order valence-corrected chi connectivity index (χ0v) is 3.31. The van der Waals surface area contributed by atoms with Crippen LogP contribution in [0.25, 0.3) is 0 Å². The maximum atomic E-state index is 2.84. The summed E-state index contributed by atoms with van der Waals surface area (Å²) in [6, 6.07) is 0. The molecule has 0 saturated heterocycles. The minimum Gasteiger partial charge on any atom is -0.361 e. The first-order chi connectivity index (χ1) is 3.00. The van der Waals surface area contributed by atoms with Crippen LogP contribution in [0.15, 0.2) is 30.3 Å². The highest BCUT2D eigenvalue weighted by Gasteiger charge is 1.64. The Morgan fingerprint density at radius 2 is 2.50 bits per heavy atom. The molecule has 0 spiro atoms. The van der Waals surface area contributed by atoms with Gasteiger partial charge in [0.1, 0.15) is 0 Å². The number of hydrogen-bond donors (Lipinski definition) is 1. The fourth-order valence-corrected chi connectivity index (χ4v) is 0.304. The smallest absolute Gasteiger partial charge is 0.0437 e. The topological polar surface area (TPSA) is 12.0 Å². The monoisotopic (exact) mass is 79.0 g/mol. The van der Waals surface area contributed by atoms with Crippen LogP contribution in [0.3, 0.4) is 0 Å². The summed E-state index contributed by atoms with van der Waals surface area (Å²) in [5.74, 6) is 0. The maximum Gasteiger partial charge on any atom is 0.0437 e. The van der Waals surface area contributed by atoms with Gasteiger partial charge in [0.15, 0.2) is 0 Å². The lowest BCUT2D eigenvalue weighted by atomic mass is 10.5. The molecule has 0 unspecified atom stereocenters. The lowest BCUT2D eigenvalue weighted by Gasteiger charge is -1.84. The zero-order valence-electron chi connectivity index (χ0n) is 3.31. The van der Waals surface area contributed by atoms with Gasteiger partial charge in [0.25, 0.3) is 0 Å². The molecule has 0 aromatic rings. The first-order valence-electron chi connectivity index (χ1n) is 1.82. The minimum absolute atomic E-state index is 1.75. The van der Waals surface area contributed by atoms with E-state index in [-0.39, 0.29) is 0 Å². The van der Waals surface area contributed by atoms with Crippen molar-refractivity contribution in [2.45, 2.75) is 0 Å². The highest BCUT2D eigenvalue weighted by Crippen LogP contribution is 1.74. The SMILES string of the molecule is C1=CC=CNC=1. The molecular formula is C5H5N. The average Bonchev–Trinajstić information content (AvgIpc) is 1.72. The van der Waals surface area contributed by atoms with Crippen LogP contribution in [0, 0.1) is 0 Å². The van der Waals surface area contributed by atoms with Crippen LogP contribution < -0.4 is 5.32 Å². The molecule has 0 atom stereocenters. The summed E-state index contributed by atoms with van der Waals surface area (Å²) in [7, 11) is 0. The van der Waals surface area contributed by atoms with Crippen molar-refractivity contribution in [3.63, 3.8) is 0 Å². The maximum absolute atomic E-state index is 2.84. The molecule has 1 nitrogen and oxygen atoms in total. The molecule has 0 fully saturated rings. The number of allylic oxidation sites excluding steroid dienone is 2. The zero-order chi connectivity index (χ0) is 4.24. The Hall–Kier alpha value is -0.940. The first kappa shape index (κ1) is 3.26. The van der Waals surface area contributed by atoms with Gasteiger partial charge in [0, 0.05) is 12.4 Å². The van der Waals surface area contributed by atoms with Crippen LogP contribution in [-0.2, 0) is 0 Å². The second kappa shape index (κ2) is 1.48. The van der Waals surface area contributed by atoms with Crippen molar-refractivity contribution < 1.29 is 0 Å². The Kier molecular flexibility index (Phi) is 0.806. The standard InChI is InChI=1S/C5H5N/c1-2-4-6-5-3-1/h1-2,4-6H. The summed E-state index contributed by atoms with van der Waals surface area (Å²) in [6.07, 6.45) is 7.33. The van der Waals surface area contributed by atoms with Gasteiger partial charge in [-0.15, -0.1) is 5.73 Å². The van der Waals surface area contributed by atoms with E-state index in [4.69, 9.17) is 0 Å². The molecule has 0 amide bonds. The Labute approximate surface area is 36.7 Å². The number of hydrogen-bond acceptors (Lipinski definition) is 1. The molecule has 1 rings (SSSR count). The lowest BCUT2D eigenvalue weighted by molar-refractivity contribution is 1.19. The largest absolute Gasteiger partial charge is 0.361 e. The molecule has 1 aliphatic rings. The molecule has 6 heavy (non-hydrogen) atoms. The molecular weight excluding hydrogens is 74.1 g/mol. The number of rotatable bonds is 0. The van der Waals surface area contributed by atoms with Gasteiger partial charge in [-0.1, -0.05) is 0 Å². The van der Waals surface area contributed by atoms with Gasteiger partial charge in [-0.3, -0.25) is 0 Å².